The fourth-order valence-corrected chi connectivity index (χ4v) is 6.20. The summed E-state index contributed by atoms with van der Waals surface area (Å²) in [5.74, 6) is -0.582. The number of aryl methyl sites for hydroxylation is 2. The number of carbonyl (C=O) groups is 1. The average Bonchev–Trinajstić information content (AvgIpc) is 2.74. The smallest absolute Gasteiger partial charge is 0.261 e. The van der Waals surface area contributed by atoms with E-state index in [-0.39, 0.29) is 20.6 Å². The summed E-state index contributed by atoms with van der Waals surface area (Å²) in [5, 5.41) is 3.19. The molecular formula is C24H25Cl2N3O5S2. The maximum atomic E-state index is 12.9. The number of anilines is 3. The summed E-state index contributed by atoms with van der Waals surface area (Å²) in [4.78, 5) is 12.9. The molecule has 0 saturated carbocycles. The number of benzene rings is 3. The lowest BCUT2D eigenvalue weighted by molar-refractivity contribution is -0.116. The lowest BCUT2D eigenvalue weighted by Gasteiger charge is -2.28. The number of amides is 1. The highest BCUT2D eigenvalue weighted by Crippen LogP contribution is 2.26. The number of hydrogen-bond donors (Lipinski definition) is 2. The minimum absolute atomic E-state index is 0.0578. The van der Waals surface area contributed by atoms with Crippen LogP contribution in [-0.4, -0.2) is 35.0 Å². The second-order valence-electron chi connectivity index (χ2n) is 8.28. The van der Waals surface area contributed by atoms with Crippen molar-refractivity contribution in [2.24, 2.45) is 0 Å². The van der Waals surface area contributed by atoms with Gasteiger partial charge in [0.25, 0.3) is 10.0 Å². The quantitative estimate of drug-likeness (QED) is 0.387. The van der Waals surface area contributed by atoms with Gasteiger partial charge in [0.2, 0.25) is 15.9 Å². The molecule has 0 aromatic heterocycles. The van der Waals surface area contributed by atoms with Crippen molar-refractivity contribution in [3.63, 3.8) is 0 Å². The standard InChI is InChI=1S/C24H25Cl2N3O5S2/c1-15-5-8-22(11-16(15)2)29(35(4,31)32)17(3)24(30)27-20-6-9-23(10-7-20)36(33,34)28-21-13-18(25)12-19(26)14-21/h5-14,17,28H,1-4H3,(H,27,30)/t17-/m1/s1. The van der Waals surface area contributed by atoms with E-state index < -0.39 is 32.0 Å². The maximum absolute atomic E-state index is 12.9. The van der Waals surface area contributed by atoms with E-state index in [1.807, 2.05) is 13.8 Å². The third-order valence-electron chi connectivity index (χ3n) is 5.38. The van der Waals surface area contributed by atoms with Crippen LogP contribution in [0.1, 0.15) is 18.1 Å². The molecule has 3 rings (SSSR count). The molecule has 0 aliphatic rings. The van der Waals surface area contributed by atoms with Gasteiger partial charge in [0, 0.05) is 15.7 Å². The largest absolute Gasteiger partial charge is 0.324 e. The molecule has 3 aromatic rings. The number of sulfonamides is 2. The molecule has 0 heterocycles. The molecule has 0 bridgehead atoms. The predicted octanol–water partition coefficient (Wildman–Crippen LogP) is 5.20. The molecule has 1 amide bonds. The summed E-state index contributed by atoms with van der Waals surface area (Å²) in [6.45, 7) is 5.24. The third kappa shape index (κ3) is 6.70. The van der Waals surface area contributed by atoms with E-state index in [4.69, 9.17) is 23.2 Å². The Morgan fingerprint density at radius 2 is 1.42 bits per heavy atom. The van der Waals surface area contributed by atoms with E-state index in [1.54, 1.807) is 18.2 Å². The summed E-state index contributed by atoms with van der Waals surface area (Å²) >= 11 is 11.8. The zero-order valence-electron chi connectivity index (χ0n) is 19.9. The zero-order chi connectivity index (χ0) is 26.8. The molecule has 0 radical (unpaired) electrons. The third-order valence-corrected chi connectivity index (χ3v) is 8.46. The van der Waals surface area contributed by atoms with Crippen LogP contribution in [0.2, 0.25) is 10.0 Å². The molecule has 192 valence electrons. The van der Waals surface area contributed by atoms with Crippen molar-refractivity contribution in [3.8, 4) is 0 Å². The molecule has 36 heavy (non-hydrogen) atoms. The minimum Gasteiger partial charge on any atom is -0.324 e. The molecule has 0 saturated heterocycles. The molecule has 0 fully saturated rings. The van der Waals surface area contributed by atoms with Crippen molar-refractivity contribution >= 4 is 66.2 Å². The average molecular weight is 571 g/mol. The molecule has 8 nitrogen and oxygen atoms in total. The molecule has 0 unspecified atom stereocenters. The molecule has 2 N–H and O–H groups in total. The Bertz CT molecular complexity index is 1490. The van der Waals surface area contributed by atoms with Crippen molar-refractivity contribution in [1.29, 1.82) is 0 Å². The Labute approximate surface area is 221 Å². The topological polar surface area (TPSA) is 113 Å². The van der Waals surface area contributed by atoms with E-state index in [0.29, 0.717) is 11.4 Å². The molecule has 1 atom stereocenters. The summed E-state index contributed by atoms with van der Waals surface area (Å²) in [6, 6.07) is 13.8. The lowest BCUT2D eigenvalue weighted by atomic mass is 10.1. The number of halogens is 2. The Morgan fingerprint density at radius 1 is 0.833 bits per heavy atom. The normalized spacial score (nSPS) is 12.6. The Morgan fingerprint density at radius 3 is 1.94 bits per heavy atom. The van der Waals surface area contributed by atoms with E-state index in [1.165, 1.54) is 49.4 Å². The van der Waals surface area contributed by atoms with Gasteiger partial charge < -0.3 is 5.32 Å². The molecule has 0 spiro atoms. The molecule has 12 heteroatoms. The van der Waals surface area contributed by atoms with Crippen molar-refractivity contribution in [1.82, 2.24) is 0 Å². The van der Waals surface area contributed by atoms with Gasteiger partial charge in [-0.2, -0.15) is 0 Å². The molecule has 0 aliphatic heterocycles. The first-order valence-electron chi connectivity index (χ1n) is 10.6. The summed E-state index contributed by atoms with van der Waals surface area (Å²) < 4.78 is 53.9. The van der Waals surface area contributed by atoms with Crippen molar-refractivity contribution < 1.29 is 21.6 Å². The predicted molar refractivity (Wildman–Crippen MR) is 145 cm³/mol. The van der Waals surface area contributed by atoms with Crippen molar-refractivity contribution in [2.75, 3.05) is 20.6 Å². The number of carbonyl (C=O) groups excluding carboxylic acids is 1. The highest BCUT2D eigenvalue weighted by molar-refractivity contribution is 7.92. The summed E-state index contributed by atoms with van der Waals surface area (Å²) in [6.07, 6.45) is 1.03. The highest BCUT2D eigenvalue weighted by atomic mass is 35.5. The first kappa shape index (κ1) is 27.8. The SMILES string of the molecule is Cc1ccc(N([C@H](C)C(=O)Nc2ccc(S(=O)(=O)Nc3cc(Cl)cc(Cl)c3)cc2)S(C)(=O)=O)cc1C. The van der Waals surface area contributed by atoms with Crippen LogP contribution in [0, 0.1) is 13.8 Å². The van der Waals surface area contributed by atoms with Gasteiger partial charge in [-0.3, -0.25) is 13.8 Å². The summed E-state index contributed by atoms with van der Waals surface area (Å²) in [7, 11) is -7.73. The van der Waals surface area contributed by atoms with Gasteiger partial charge in [0.15, 0.2) is 0 Å². The van der Waals surface area contributed by atoms with Crippen molar-refractivity contribution in [2.45, 2.75) is 31.7 Å². The van der Waals surface area contributed by atoms with Crippen LogP contribution in [0.5, 0.6) is 0 Å². The van der Waals surface area contributed by atoms with Gasteiger partial charge >= 0.3 is 0 Å². The van der Waals surface area contributed by atoms with Crippen LogP contribution in [0.4, 0.5) is 17.1 Å². The van der Waals surface area contributed by atoms with Gasteiger partial charge in [-0.15, -0.1) is 0 Å². The number of rotatable bonds is 8. The zero-order valence-corrected chi connectivity index (χ0v) is 23.1. The van der Waals surface area contributed by atoms with Crippen LogP contribution >= 0.6 is 23.2 Å². The van der Waals surface area contributed by atoms with Crippen LogP contribution in [-0.2, 0) is 24.8 Å². The Balaban J connectivity index is 1.78. The van der Waals surface area contributed by atoms with Gasteiger partial charge in [0.05, 0.1) is 22.5 Å². The lowest BCUT2D eigenvalue weighted by Crippen LogP contribution is -2.45. The first-order chi connectivity index (χ1) is 16.7. The molecular weight excluding hydrogens is 545 g/mol. The monoisotopic (exact) mass is 569 g/mol. The van der Waals surface area contributed by atoms with E-state index in [0.717, 1.165) is 21.7 Å². The van der Waals surface area contributed by atoms with Gasteiger partial charge in [-0.05, 0) is 86.5 Å². The fourth-order valence-electron chi connectivity index (χ4n) is 3.46. The molecule has 0 aliphatic carbocycles. The second kappa shape index (κ2) is 10.7. The van der Waals surface area contributed by atoms with Crippen LogP contribution < -0.4 is 14.3 Å². The van der Waals surface area contributed by atoms with Crippen LogP contribution in [0.3, 0.4) is 0 Å². The highest BCUT2D eigenvalue weighted by Gasteiger charge is 2.29. The maximum Gasteiger partial charge on any atom is 0.261 e. The van der Waals surface area contributed by atoms with E-state index in [2.05, 4.69) is 10.0 Å². The van der Waals surface area contributed by atoms with Gasteiger partial charge in [-0.25, -0.2) is 16.8 Å². The second-order valence-corrected chi connectivity index (χ2v) is 12.7. The van der Waals surface area contributed by atoms with E-state index in [9.17, 15) is 21.6 Å². The minimum atomic E-state index is -3.95. The van der Waals surface area contributed by atoms with E-state index >= 15 is 0 Å². The number of nitrogens with zero attached hydrogens (tertiary/aromatic N) is 1. The van der Waals surface area contributed by atoms with Crippen molar-refractivity contribution in [3.05, 3.63) is 81.8 Å². The Kier molecular flexibility index (Phi) is 8.24. The summed E-state index contributed by atoms with van der Waals surface area (Å²) in [5.41, 5.74) is 2.75. The molecule has 3 aromatic carbocycles. The fraction of sp³-hybridized carbons (Fsp3) is 0.208. The van der Waals surface area contributed by atoms with Crippen LogP contribution in [0.25, 0.3) is 0 Å². The van der Waals surface area contributed by atoms with Gasteiger partial charge in [0.1, 0.15) is 6.04 Å². The van der Waals surface area contributed by atoms with Crippen LogP contribution in [0.15, 0.2) is 65.6 Å². The first-order valence-corrected chi connectivity index (χ1v) is 14.7. The number of nitrogens with one attached hydrogen (secondary N) is 2. The van der Waals surface area contributed by atoms with Gasteiger partial charge in [-0.1, -0.05) is 29.3 Å². The number of hydrogen-bond acceptors (Lipinski definition) is 5. The Hall–Kier alpha value is -2.79.